The molecule has 120 valence electrons. The quantitative estimate of drug-likeness (QED) is 0.352. The number of ketones is 1. The zero-order chi connectivity index (χ0) is 16.2. The van der Waals surface area contributed by atoms with Gasteiger partial charge in [0.25, 0.3) is 0 Å². The van der Waals surface area contributed by atoms with Gasteiger partial charge in [0.1, 0.15) is 0 Å². The molecule has 0 saturated carbocycles. The summed E-state index contributed by atoms with van der Waals surface area (Å²) in [7, 11) is 0. The predicted molar refractivity (Wildman–Crippen MR) is 91.5 cm³/mol. The highest BCUT2D eigenvalue weighted by Gasteiger charge is 2.23. The van der Waals surface area contributed by atoms with E-state index in [-0.39, 0.29) is 11.2 Å². The number of nitrogens with zero attached hydrogens (tertiary/aromatic N) is 1. The third-order valence-electron chi connectivity index (χ3n) is 4.24. The van der Waals surface area contributed by atoms with Crippen LogP contribution in [0, 0.1) is 19.3 Å². The Kier molecular flexibility index (Phi) is 6.52. The highest BCUT2D eigenvalue weighted by molar-refractivity contribution is 6.33. The molecule has 1 rings (SSSR count). The second kappa shape index (κ2) is 7.49. The monoisotopic (exact) mass is 311 g/mol. The van der Waals surface area contributed by atoms with Gasteiger partial charge in [-0.15, -0.1) is 11.6 Å². The second-order valence-electron chi connectivity index (χ2n) is 6.97. The molecule has 2 nitrogen and oxygen atoms in total. The zero-order valence-corrected chi connectivity index (χ0v) is 15.2. The van der Waals surface area contributed by atoms with E-state index in [0.29, 0.717) is 0 Å². The maximum Gasteiger partial charge on any atom is 0.182 e. The third-order valence-corrected chi connectivity index (χ3v) is 4.44. The van der Waals surface area contributed by atoms with E-state index < -0.39 is 5.38 Å². The Morgan fingerprint density at radius 2 is 1.95 bits per heavy atom. The minimum Gasteiger partial charge on any atom is -0.348 e. The van der Waals surface area contributed by atoms with Crippen molar-refractivity contribution in [1.29, 1.82) is 0 Å². The number of carbonyl (C=O) groups is 1. The van der Waals surface area contributed by atoms with Gasteiger partial charge in [0.05, 0.1) is 5.38 Å². The van der Waals surface area contributed by atoms with E-state index in [1.165, 1.54) is 25.7 Å². The molecule has 1 aromatic rings. The molecule has 3 heteroatoms. The van der Waals surface area contributed by atoms with Gasteiger partial charge in [0.2, 0.25) is 0 Å². The molecule has 1 heterocycles. The number of hydrogen-bond acceptors (Lipinski definition) is 1. The highest BCUT2D eigenvalue weighted by Crippen LogP contribution is 2.29. The molecule has 21 heavy (non-hydrogen) atoms. The summed E-state index contributed by atoms with van der Waals surface area (Å²) in [4.78, 5) is 12.2. The van der Waals surface area contributed by atoms with E-state index in [0.717, 1.165) is 23.5 Å². The number of hydrogen-bond donors (Lipinski definition) is 0. The van der Waals surface area contributed by atoms with Gasteiger partial charge in [-0.2, -0.15) is 0 Å². The van der Waals surface area contributed by atoms with Crippen molar-refractivity contribution in [3.05, 3.63) is 23.0 Å². The molecule has 0 aromatic carbocycles. The van der Waals surface area contributed by atoms with Crippen molar-refractivity contribution in [2.45, 2.75) is 79.1 Å². The fourth-order valence-electron chi connectivity index (χ4n) is 2.87. The topological polar surface area (TPSA) is 22.0 Å². The minimum absolute atomic E-state index is 0.0276. The normalized spacial score (nSPS) is 13.5. The van der Waals surface area contributed by atoms with E-state index in [1.54, 1.807) is 6.92 Å². The average Bonchev–Trinajstić information content (AvgIpc) is 2.65. The first-order valence-corrected chi connectivity index (χ1v) is 8.48. The van der Waals surface area contributed by atoms with Crippen molar-refractivity contribution in [3.63, 3.8) is 0 Å². The predicted octanol–water partition coefficient (Wildman–Crippen LogP) is 5.52. The first kappa shape index (κ1) is 18.3. The van der Waals surface area contributed by atoms with Crippen LogP contribution in [0.25, 0.3) is 0 Å². The van der Waals surface area contributed by atoms with Gasteiger partial charge in [-0.05, 0) is 38.7 Å². The third kappa shape index (κ3) is 4.88. The minimum atomic E-state index is -0.462. The van der Waals surface area contributed by atoms with Crippen LogP contribution in [0.2, 0.25) is 0 Å². The Bertz CT molecular complexity index is 486. The first-order valence-electron chi connectivity index (χ1n) is 8.04. The molecule has 0 bridgehead atoms. The van der Waals surface area contributed by atoms with Crippen molar-refractivity contribution in [1.82, 2.24) is 4.57 Å². The largest absolute Gasteiger partial charge is 0.348 e. The van der Waals surface area contributed by atoms with Crippen LogP contribution in [0.1, 0.15) is 75.1 Å². The van der Waals surface area contributed by atoms with Crippen molar-refractivity contribution in [2.75, 3.05) is 0 Å². The van der Waals surface area contributed by atoms with Crippen LogP contribution in [0.3, 0.4) is 0 Å². The van der Waals surface area contributed by atoms with Gasteiger partial charge < -0.3 is 4.57 Å². The van der Waals surface area contributed by atoms with E-state index in [9.17, 15) is 4.79 Å². The lowest BCUT2D eigenvalue weighted by Crippen LogP contribution is -2.21. The van der Waals surface area contributed by atoms with Gasteiger partial charge in [-0.1, -0.05) is 40.0 Å². The Balaban J connectivity index is 2.91. The summed E-state index contributed by atoms with van der Waals surface area (Å²) in [6, 6.07) is 1.98. The maximum atomic E-state index is 12.2. The summed E-state index contributed by atoms with van der Waals surface area (Å²) < 4.78 is 2.28. The Morgan fingerprint density at radius 3 is 2.48 bits per heavy atom. The first-order chi connectivity index (χ1) is 9.69. The van der Waals surface area contributed by atoms with E-state index in [2.05, 4.69) is 32.3 Å². The van der Waals surface area contributed by atoms with Crippen LogP contribution in [0.5, 0.6) is 0 Å². The summed E-state index contributed by atoms with van der Waals surface area (Å²) in [5, 5.41) is -0.462. The van der Waals surface area contributed by atoms with E-state index in [4.69, 9.17) is 11.6 Å². The van der Waals surface area contributed by atoms with E-state index >= 15 is 0 Å². The van der Waals surface area contributed by atoms with Crippen LogP contribution in [0.4, 0.5) is 0 Å². The van der Waals surface area contributed by atoms with Crippen LogP contribution < -0.4 is 0 Å². The Morgan fingerprint density at radius 1 is 1.33 bits per heavy atom. The molecule has 0 aliphatic carbocycles. The lowest BCUT2D eigenvalue weighted by atomic mass is 9.86. The molecular weight excluding hydrogens is 282 g/mol. The van der Waals surface area contributed by atoms with Gasteiger partial charge in [-0.25, -0.2) is 0 Å². The number of unbranched alkanes of at least 4 members (excludes halogenated alkanes) is 2. The van der Waals surface area contributed by atoms with Crippen molar-refractivity contribution in [2.24, 2.45) is 5.41 Å². The number of Topliss-reactive ketones (excluding diaryl/α,β-unsaturated/α-hetero) is 1. The van der Waals surface area contributed by atoms with Gasteiger partial charge in [0.15, 0.2) is 5.78 Å². The molecular formula is C18H30ClNO. The van der Waals surface area contributed by atoms with Gasteiger partial charge in [-0.3, -0.25) is 4.79 Å². The van der Waals surface area contributed by atoms with Crippen LogP contribution in [-0.2, 0) is 6.54 Å². The van der Waals surface area contributed by atoms with Crippen molar-refractivity contribution in [3.8, 4) is 0 Å². The standard InChI is InChI=1S/C18H30ClNO/c1-7-8-9-10-18(5,6)12-20-13(2)11-16(15(20)4)17(21)14(3)19/h11,14H,7-10,12H2,1-6H3. The van der Waals surface area contributed by atoms with Crippen LogP contribution >= 0.6 is 11.6 Å². The number of carbonyl (C=O) groups excluding carboxylic acids is 1. The SMILES string of the molecule is CCCCCC(C)(C)Cn1c(C)cc(C(=O)C(C)Cl)c1C. The number of aromatic nitrogens is 1. The fraction of sp³-hybridized carbons (Fsp3) is 0.722. The Labute approximate surface area is 134 Å². The smallest absolute Gasteiger partial charge is 0.182 e. The number of aryl methyl sites for hydroxylation is 1. The lowest BCUT2D eigenvalue weighted by molar-refractivity contribution is 0.0991. The molecule has 0 saturated heterocycles. The molecule has 0 aliphatic heterocycles. The molecule has 0 radical (unpaired) electrons. The molecule has 0 aliphatic rings. The summed E-state index contributed by atoms with van der Waals surface area (Å²) in [5.74, 6) is 0.0276. The van der Waals surface area contributed by atoms with Crippen molar-refractivity contribution < 1.29 is 4.79 Å². The highest BCUT2D eigenvalue weighted by atomic mass is 35.5. The molecule has 1 unspecified atom stereocenters. The molecule has 0 amide bonds. The second-order valence-corrected chi connectivity index (χ2v) is 7.63. The summed E-state index contributed by atoms with van der Waals surface area (Å²) in [5.41, 5.74) is 3.22. The lowest BCUT2D eigenvalue weighted by Gasteiger charge is -2.27. The summed E-state index contributed by atoms with van der Waals surface area (Å²) in [6.07, 6.45) is 5.03. The van der Waals surface area contributed by atoms with Crippen LogP contribution in [-0.4, -0.2) is 15.7 Å². The van der Waals surface area contributed by atoms with Gasteiger partial charge in [0, 0.05) is 23.5 Å². The van der Waals surface area contributed by atoms with E-state index in [1.807, 2.05) is 13.0 Å². The van der Waals surface area contributed by atoms with Crippen LogP contribution in [0.15, 0.2) is 6.07 Å². The molecule has 0 spiro atoms. The molecule has 0 fully saturated rings. The molecule has 0 N–H and O–H groups in total. The summed E-state index contributed by atoms with van der Waals surface area (Å²) >= 11 is 5.96. The number of halogens is 1. The molecule has 1 atom stereocenters. The fourth-order valence-corrected chi connectivity index (χ4v) is 2.99. The average molecular weight is 312 g/mol. The zero-order valence-electron chi connectivity index (χ0n) is 14.4. The summed E-state index contributed by atoms with van der Waals surface area (Å²) in [6.45, 7) is 13.7. The Hall–Kier alpha value is -0.760. The van der Waals surface area contributed by atoms with Gasteiger partial charge >= 0.3 is 0 Å². The molecule has 1 aromatic heterocycles. The number of rotatable bonds is 8. The van der Waals surface area contributed by atoms with Crippen molar-refractivity contribution >= 4 is 17.4 Å². The maximum absolute atomic E-state index is 12.2. The number of alkyl halides is 1.